The van der Waals surface area contributed by atoms with Crippen LogP contribution < -0.4 is 10.6 Å². The highest BCUT2D eigenvalue weighted by atomic mass is 79.9. The van der Waals surface area contributed by atoms with Crippen molar-refractivity contribution < 1.29 is 29.1 Å². The summed E-state index contributed by atoms with van der Waals surface area (Å²) >= 11 is 3.55. The monoisotopic (exact) mass is 884 g/mol. The number of nitrogens with one attached hydrogen (secondary N) is 2. The molecule has 0 radical (unpaired) electrons. The summed E-state index contributed by atoms with van der Waals surface area (Å²) < 4.78 is 0.833. The van der Waals surface area contributed by atoms with E-state index in [1.165, 1.54) is 6.07 Å². The largest absolute Gasteiger partial charge is 0.480 e. The van der Waals surface area contributed by atoms with E-state index in [0.717, 1.165) is 101 Å². The number of rotatable bonds is 15. The fourth-order valence-corrected chi connectivity index (χ4v) is 9.48. The van der Waals surface area contributed by atoms with Crippen molar-refractivity contribution in [3.63, 3.8) is 0 Å². The fourth-order valence-electron chi connectivity index (χ4n) is 9.06. The van der Waals surface area contributed by atoms with Gasteiger partial charge < -0.3 is 35.3 Å². The number of carboxylic acid groups (broad SMARTS) is 1. The van der Waals surface area contributed by atoms with Crippen LogP contribution in [0.15, 0.2) is 53.0 Å². The van der Waals surface area contributed by atoms with Crippen LogP contribution in [0, 0.1) is 5.92 Å². The number of halogens is 1. The molecular weight excluding hydrogens is 828 g/mol. The summed E-state index contributed by atoms with van der Waals surface area (Å²) in [5, 5.41) is 15.6. The second-order valence-electron chi connectivity index (χ2n) is 16.8. The Balaban J connectivity index is 1.28. The van der Waals surface area contributed by atoms with Gasteiger partial charge >= 0.3 is 5.97 Å². The Hall–Kier alpha value is -4.73. The Morgan fingerprint density at radius 2 is 1.20 bits per heavy atom. The molecule has 0 saturated carbocycles. The van der Waals surface area contributed by atoms with Gasteiger partial charge in [-0.05, 0) is 130 Å². The zero-order chi connectivity index (χ0) is 42.3. The van der Waals surface area contributed by atoms with Gasteiger partial charge in [-0.1, -0.05) is 54.4 Å². The lowest BCUT2D eigenvalue weighted by Crippen LogP contribution is -2.45. The van der Waals surface area contributed by atoms with Crippen molar-refractivity contribution in [2.45, 2.75) is 96.3 Å². The second kappa shape index (κ2) is 19.8. The molecule has 60 heavy (non-hydrogen) atoms. The van der Waals surface area contributed by atoms with Crippen LogP contribution in [0.2, 0.25) is 0 Å². The highest BCUT2D eigenvalue weighted by Gasteiger charge is 2.35. The van der Waals surface area contributed by atoms with Gasteiger partial charge in [-0.2, -0.15) is 0 Å². The molecule has 6 heterocycles. The van der Waals surface area contributed by atoms with E-state index in [4.69, 9.17) is 0 Å². The number of nitrogens with zero attached hydrogens (tertiary/aromatic N) is 6. The number of carbonyl (C=O) groups is 5. The molecule has 0 aliphatic carbocycles. The van der Waals surface area contributed by atoms with Crippen LogP contribution in [-0.4, -0.2) is 135 Å². The van der Waals surface area contributed by atoms with Gasteiger partial charge in [0.25, 0.3) is 23.6 Å². The second-order valence-corrected chi connectivity index (χ2v) is 17.7. The maximum Gasteiger partial charge on any atom is 0.326 e. The average Bonchev–Trinajstić information content (AvgIpc) is 4.12. The Morgan fingerprint density at radius 3 is 1.68 bits per heavy atom. The first-order valence-electron chi connectivity index (χ1n) is 21.7. The minimum absolute atomic E-state index is 0.00168. The van der Waals surface area contributed by atoms with Crippen LogP contribution in [0.3, 0.4) is 0 Å². The van der Waals surface area contributed by atoms with Crippen LogP contribution in [-0.2, 0) is 11.3 Å². The van der Waals surface area contributed by atoms with Crippen LogP contribution in [0.4, 0.5) is 0 Å². The Labute approximate surface area is 360 Å². The highest BCUT2D eigenvalue weighted by molar-refractivity contribution is 9.10. The van der Waals surface area contributed by atoms with E-state index in [0.29, 0.717) is 30.6 Å². The number of carbonyl (C=O) groups excluding carboxylic acids is 4. The van der Waals surface area contributed by atoms with Gasteiger partial charge in [0, 0.05) is 49.3 Å². The van der Waals surface area contributed by atoms with Gasteiger partial charge in [-0.15, -0.1) is 0 Å². The van der Waals surface area contributed by atoms with E-state index in [1.807, 2.05) is 41.0 Å². The molecule has 4 atom stereocenters. The Morgan fingerprint density at radius 1 is 0.717 bits per heavy atom. The van der Waals surface area contributed by atoms with Crippen molar-refractivity contribution in [1.82, 2.24) is 40.2 Å². The number of carboxylic acids is 1. The van der Waals surface area contributed by atoms with Gasteiger partial charge in [-0.3, -0.25) is 19.2 Å². The predicted octanol–water partition coefficient (Wildman–Crippen LogP) is 5.47. The van der Waals surface area contributed by atoms with Crippen molar-refractivity contribution in [2.75, 3.05) is 52.4 Å². The summed E-state index contributed by atoms with van der Waals surface area (Å²) in [7, 11) is 0. The molecule has 3 N–H and O–H groups in total. The molecule has 4 aliphatic rings. The van der Waals surface area contributed by atoms with Gasteiger partial charge in [0.2, 0.25) is 0 Å². The maximum atomic E-state index is 14.5. The molecule has 4 amide bonds. The third-order valence-electron chi connectivity index (χ3n) is 12.7. The maximum absolute atomic E-state index is 14.5. The number of amides is 4. The lowest BCUT2D eigenvalue weighted by Gasteiger charge is -2.29. The molecule has 0 bridgehead atoms. The fraction of sp³-hybridized carbons (Fsp3) is 0.533. The first-order valence-corrected chi connectivity index (χ1v) is 22.4. The molecule has 0 spiro atoms. The normalized spacial score (nSPS) is 20.6. The van der Waals surface area contributed by atoms with Gasteiger partial charge in [0.15, 0.2) is 0 Å². The van der Waals surface area contributed by atoms with Crippen LogP contribution in [0.25, 0.3) is 11.1 Å². The van der Waals surface area contributed by atoms with Crippen molar-refractivity contribution in [3.05, 3.63) is 81.3 Å². The van der Waals surface area contributed by atoms with E-state index in [9.17, 15) is 29.1 Å². The molecule has 7 rings (SSSR count). The van der Waals surface area contributed by atoms with E-state index >= 15 is 0 Å². The summed E-state index contributed by atoms with van der Waals surface area (Å²) in [4.78, 5) is 87.0. The number of aromatic nitrogens is 2. The minimum atomic E-state index is -1.19. The smallest absolute Gasteiger partial charge is 0.326 e. The first kappa shape index (κ1) is 43.4. The Kier molecular flexibility index (Phi) is 14.3. The van der Waals surface area contributed by atoms with Gasteiger partial charge in [-0.25, -0.2) is 14.8 Å². The van der Waals surface area contributed by atoms with E-state index in [-0.39, 0.29) is 59.1 Å². The van der Waals surface area contributed by atoms with Crippen molar-refractivity contribution in [3.8, 4) is 11.1 Å². The van der Waals surface area contributed by atoms with Crippen LogP contribution in [0.1, 0.15) is 119 Å². The van der Waals surface area contributed by atoms with Crippen LogP contribution >= 0.6 is 15.9 Å². The minimum Gasteiger partial charge on any atom is -0.480 e. The zero-order valence-corrected chi connectivity index (χ0v) is 36.3. The van der Waals surface area contributed by atoms with Gasteiger partial charge in [0.1, 0.15) is 28.8 Å². The molecule has 15 heteroatoms. The number of aliphatic carboxylic acids is 1. The SMILES string of the molecule is CCC(C)C(NC(=O)c1cc(-c2cc(C(=O)NCc3ccccc3Br)nc(C(=O)N3CCCC3CN3CCCC3)c2)cc(C(=O)N2CCCC2CN2CCCC2)n1)C(=O)O. The van der Waals surface area contributed by atoms with E-state index in [2.05, 4.69) is 46.3 Å². The molecular formula is C45H57BrN8O6. The summed E-state index contributed by atoms with van der Waals surface area (Å²) in [5.41, 5.74) is 1.58. The summed E-state index contributed by atoms with van der Waals surface area (Å²) in [6.45, 7) is 10.5. The molecule has 4 aliphatic heterocycles. The third-order valence-corrected chi connectivity index (χ3v) is 13.4. The molecule has 320 valence electrons. The van der Waals surface area contributed by atoms with E-state index in [1.54, 1.807) is 25.1 Å². The summed E-state index contributed by atoms with van der Waals surface area (Å²) in [6.07, 6.45) is 8.50. The third kappa shape index (κ3) is 10.2. The van der Waals surface area contributed by atoms with Crippen molar-refractivity contribution in [1.29, 1.82) is 0 Å². The molecule has 2 aromatic heterocycles. The number of benzene rings is 1. The zero-order valence-electron chi connectivity index (χ0n) is 34.7. The molecule has 4 fully saturated rings. The molecule has 1 aromatic carbocycles. The summed E-state index contributed by atoms with van der Waals surface area (Å²) in [5.74, 6) is -3.42. The van der Waals surface area contributed by atoms with Crippen molar-refractivity contribution >= 4 is 45.5 Å². The number of pyridine rings is 2. The quantitative estimate of drug-likeness (QED) is 0.178. The predicted molar refractivity (Wildman–Crippen MR) is 231 cm³/mol. The number of hydrogen-bond donors (Lipinski definition) is 3. The summed E-state index contributed by atoms with van der Waals surface area (Å²) in [6, 6.07) is 12.6. The molecule has 14 nitrogen and oxygen atoms in total. The topological polar surface area (TPSA) is 168 Å². The molecule has 4 unspecified atom stereocenters. The van der Waals surface area contributed by atoms with Crippen LogP contribution in [0.5, 0.6) is 0 Å². The van der Waals surface area contributed by atoms with Crippen molar-refractivity contribution in [2.24, 2.45) is 5.92 Å². The first-order chi connectivity index (χ1) is 29.0. The lowest BCUT2D eigenvalue weighted by molar-refractivity contribution is -0.140. The molecule has 4 saturated heterocycles. The Bertz CT molecular complexity index is 2070. The van der Waals surface area contributed by atoms with E-state index < -0.39 is 23.8 Å². The standard InChI is InChI=1S/C45H57BrN8O6/c1-3-29(2)40(45(59)60)50-42(56)37-23-32(25-39(49-37)44(58)54-21-11-14-34(54)28-52-18-8-9-19-52)31-22-36(41(55)47-26-30-12-4-5-15-35(30)46)48-38(24-31)43(57)53-20-10-13-33(53)27-51-16-6-7-17-51/h4-5,12,15,22-25,29,33-34,40H,3,6-11,13-14,16-21,26-28H2,1-2H3,(H,47,55)(H,50,56)(H,59,60). The number of hydrogen-bond acceptors (Lipinski definition) is 9. The average molecular weight is 886 g/mol. The lowest BCUT2D eigenvalue weighted by atomic mass is 9.98. The highest BCUT2D eigenvalue weighted by Crippen LogP contribution is 2.29. The molecule has 3 aromatic rings. The number of likely N-dealkylation sites (tertiary alicyclic amines) is 4. The van der Waals surface area contributed by atoms with Gasteiger partial charge in [0.05, 0.1) is 0 Å².